The van der Waals surface area contributed by atoms with E-state index in [0.717, 1.165) is 24.6 Å². The van der Waals surface area contributed by atoms with Crippen LogP contribution >= 0.6 is 11.6 Å². The second-order valence-corrected chi connectivity index (χ2v) is 4.57. The van der Waals surface area contributed by atoms with Gasteiger partial charge < -0.3 is 9.47 Å². The maximum absolute atomic E-state index is 9.14. The number of anilines is 1. The number of fused-ring (bicyclic) bond motifs is 1. The SMILES string of the molecule is N#Cc1ccc(Cl)cc1N1CCn2cnnc2C1. The summed E-state index contributed by atoms with van der Waals surface area (Å²) < 4.78 is 2.02. The summed E-state index contributed by atoms with van der Waals surface area (Å²) in [5.74, 6) is 0.908. The molecule has 5 nitrogen and oxygen atoms in total. The fourth-order valence-corrected chi connectivity index (χ4v) is 2.30. The molecular weight excluding hydrogens is 250 g/mol. The van der Waals surface area contributed by atoms with Crippen molar-refractivity contribution in [3.05, 3.63) is 40.9 Å². The summed E-state index contributed by atoms with van der Waals surface area (Å²) in [6.45, 7) is 2.29. The molecule has 1 aliphatic heterocycles. The van der Waals surface area contributed by atoms with Crippen molar-refractivity contribution in [3.63, 3.8) is 0 Å². The molecule has 2 aromatic rings. The van der Waals surface area contributed by atoms with Crippen LogP contribution in [0.2, 0.25) is 5.02 Å². The molecule has 0 atom stereocenters. The van der Waals surface area contributed by atoms with Crippen molar-refractivity contribution in [2.75, 3.05) is 11.4 Å². The van der Waals surface area contributed by atoms with Crippen LogP contribution in [0, 0.1) is 11.3 Å². The summed E-state index contributed by atoms with van der Waals surface area (Å²) in [6, 6.07) is 7.50. The van der Waals surface area contributed by atoms with E-state index in [-0.39, 0.29) is 0 Å². The lowest BCUT2D eigenvalue weighted by atomic mass is 10.1. The molecule has 0 unspecified atom stereocenters. The quantitative estimate of drug-likeness (QED) is 0.784. The van der Waals surface area contributed by atoms with E-state index in [0.29, 0.717) is 17.1 Å². The minimum Gasteiger partial charge on any atom is -0.361 e. The molecule has 1 aromatic carbocycles. The van der Waals surface area contributed by atoms with Crippen molar-refractivity contribution in [3.8, 4) is 6.07 Å². The molecule has 0 radical (unpaired) electrons. The van der Waals surface area contributed by atoms with Gasteiger partial charge in [-0.15, -0.1) is 10.2 Å². The molecule has 0 aliphatic carbocycles. The highest BCUT2D eigenvalue weighted by Crippen LogP contribution is 2.27. The van der Waals surface area contributed by atoms with Crippen molar-refractivity contribution in [1.29, 1.82) is 5.26 Å². The fourth-order valence-electron chi connectivity index (χ4n) is 2.13. The molecule has 0 saturated carbocycles. The highest BCUT2D eigenvalue weighted by atomic mass is 35.5. The number of rotatable bonds is 1. The van der Waals surface area contributed by atoms with Gasteiger partial charge in [-0.25, -0.2) is 0 Å². The van der Waals surface area contributed by atoms with Crippen molar-refractivity contribution < 1.29 is 0 Å². The third-order valence-corrected chi connectivity index (χ3v) is 3.29. The Balaban J connectivity index is 1.98. The maximum atomic E-state index is 9.14. The van der Waals surface area contributed by atoms with Crippen molar-refractivity contribution in [1.82, 2.24) is 14.8 Å². The number of hydrogen-bond donors (Lipinski definition) is 0. The Morgan fingerprint density at radius 3 is 3.06 bits per heavy atom. The van der Waals surface area contributed by atoms with Crippen LogP contribution in [-0.2, 0) is 13.1 Å². The molecule has 0 saturated heterocycles. The summed E-state index contributed by atoms with van der Waals surface area (Å²) in [5, 5.41) is 17.7. The van der Waals surface area contributed by atoms with E-state index in [1.54, 1.807) is 18.5 Å². The molecule has 0 fully saturated rings. The van der Waals surface area contributed by atoms with Crippen LogP contribution < -0.4 is 4.90 Å². The highest BCUT2D eigenvalue weighted by molar-refractivity contribution is 6.30. The monoisotopic (exact) mass is 259 g/mol. The molecule has 0 spiro atoms. The van der Waals surface area contributed by atoms with E-state index in [1.807, 2.05) is 10.6 Å². The summed E-state index contributed by atoms with van der Waals surface area (Å²) >= 11 is 6.00. The molecule has 0 amide bonds. The van der Waals surface area contributed by atoms with Crippen LogP contribution in [0.4, 0.5) is 5.69 Å². The zero-order valence-electron chi connectivity index (χ0n) is 9.54. The molecule has 18 heavy (non-hydrogen) atoms. The molecule has 0 N–H and O–H groups in total. The zero-order valence-corrected chi connectivity index (χ0v) is 10.3. The van der Waals surface area contributed by atoms with E-state index < -0.39 is 0 Å². The standard InChI is InChI=1S/C12H10ClN5/c13-10-2-1-9(6-14)11(5-10)17-3-4-18-8-15-16-12(18)7-17/h1-2,5,8H,3-4,7H2. The lowest BCUT2D eigenvalue weighted by Crippen LogP contribution is -2.34. The molecule has 2 heterocycles. The Hall–Kier alpha value is -2.06. The van der Waals surface area contributed by atoms with E-state index >= 15 is 0 Å². The lowest BCUT2D eigenvalue weighted by Gasteiger charge is -2.29. The third kappa shape index (κ3) is 1.81. The normalized spacial score (nSPS) is 14.1. The van der Waals surface area contributed by atoms with Crippen LogP contribution in [0.5, 0.6) is 0 Å². The Morgan fingerprint density at radius 2 is 2.22 bits per heavy atom. The van der Waals surface area contributed by atoms with Gasteiger partial charge in [0.25, 0.3) is 0 Å². The molecule has 90 valence electrons. The average Bonchev–Trinajstić information content (AvgIpc) is 2.85. The van der Waals surface area contributed by atoms with Crippen LogP contribution in [0.1, 0.15) is 11.4 Å². The smallest absolute Gasteiger partial charge is 0.152 e. The first kappa shape index (κ1) is 11.1. The van der Waals surface area contributed by atoms with Crippen LogP contribution in [-0.4, -0.2) is 21.3 Å². The van der Waals surface area contributed by atoms with Crippen LogP contribution in [0.25, 0.3) is 0 Å². The number of aromatic nitrogens is 3. The van der Waals surface area contributed by atoms with Gasteiger partial charge in [-0.1, -0.05) is 11.6 Å². The number of benzene rings is 1. The average molecular weight is 260 g/mol. The predicted octanol–water partition coefficient (Wildman–Crippen LogP) is 1.82. The minimum absolute atomic E-state index is 0.632. The number of hydrogen-bond acceptors (Lipinski definition) is 4. The van der Waals surface area contributed by atoms with Gasteiger partial charge >= 0.3 is 0 Å². The van der Waals surface area contributed by atoms with Crippen molar-refractivity contribution >= 4 is 17.3 Å². The van der Waals surface area contributed by atoms with Gasteiger partial charge in [-0.2, -0.15) is 5.26 Å². The largest absolute Gasteiger partial charge is 0.361 e. The Labute approximate surface area is 109 Å². The molecule has 1 aromatic heterocycles. The highest BCUT2D eigenvalue weighted by Gasteiger charge is 2.20. The Morgan fingerprint density at radius 1 is 1.33 bits per heavy atom. The van der Waals surface area contributed by atoms with Crippen molar-refractivity contribution in [2.24, 2.45) is 0 Å². The predicted molar refractivity (Wildman–Crippen MR) is 67.2 cm³/mol. The van der Waals surface area contributed by atoms with Gasteiger partial charge in [-0.05, 0) is 18.2 Å². The second-order valence-electron chi connectivity index (χ2n) is 4.14. The summed E-state index contributed by atoms with van der Waals surface area (Å²) in [5.41, 5.74) is 1.49. The van der Waals surface area contributed by atoms with Crippen LogP contribution in [0.15, 0.2) is 24.5 Å². The first-order valence-corrected chi connectivity index (χ1v) is 5.97. The molecule has 0 bridgehead atoms. The molecule has 6 heteroatoms. The number of nitrogens with zero attached hydrogens (tertiary/aromatic N) is 5. The van der Waals surface area contributed by atoms with E-state index in [2.05, 4.69) is 21.2 Å². The summed E-state index contributed by atoms with van der Waals surface area (Å²) in [4.78, 5) is 2.11. The fraction of sp³-hybridized carbons (Fsp3) is 0.250. The topological polar surface area (TPSA) is 57.7 Å². The van der Waals surface area contributed by atoms with Crippen molar-refractivity contribution in [2.45, 2.75) is 13.1 Å². The molecular formula is C12H10ClN5. The summed E-state index contributed by atoms with van der Waals surface area (Å²) in [6.07, 6.45) is 1.73. The molecule has 1 aliphatic rings. The zero-order chi connectivity index (χ0) is 12.5. The Bertz CT molecular complexity index is 628. The Kier molecular flexibility index (Phi) is 2.65. The van der Waals surface area contributed by atoms with Gasteiger partial charge in [0.2, 0.25) is 0 Å². The second kappa shape index (κ2) is 4.31. The minimum atomic E-state index is 0.632. The first-order valence-electron chi connectivity index (χ1n) is 5.59. The van der Waals surface area contributed by atoms with Crippen LogP contribution in [0.3, 0.4) is 0 Å². The lowest BCUT2D eigenvalue weighted by molar-refractivity contribution is 0.560. The van der Waals surface area contributed by atoms with Gasteiger partial charge in [0.05, 0.1) is 17.8 Å². The molecule has 3 rings (SSSR count). The number of nitriles is 1. The third-order valence-electron chi connectivity index (χ3n) is 3.06. The van der Waals surface area contributed by atoms with E-state index in [9.17, 15) is 0 Å². The maximum Gasteiger partial charge on any atom is 0.152 e. The summed E-state index contributed by atoms with van der Waals surface area (Å²) in [7, 11) is 0. The van der Waals surface area contributed by atoms with Gasteiger partial charge in [-0.3, -0.25) is 0 Å². The van der Waals surface area contributed by atoms with E-state index in [4.69, 9.17) is 16.9 Å². The van der Waals surface area contributed by atoms with Gasteiger partial charge in [0.1, 0.15) is 12.4 Å². The first-order chi connectivity index (χ1) is 8.78. The van der Waals surface area contributed by atoms with E-state index in [1.165, 1.54) is 0 Å². The van der Waals surface area contributed by atoms with Gasteiger partial charge in [0.15, 0.2) is 5.82 Å². The number of halogens is 1. The van der Waals surface area contributed by atoms with Gasteiger partial charge in [0, 0.05) is 18.1 Å².